The molecule has 0 aromatic heterocycles. The molecule has 0 spiro atoms. The predicted molar refractivity (Wildman–Crippen MR) is 75.7 cm³/mol. The van der Waals surface area contributed by atoms with Crippen molar-refractivity contribution < 1.29 is 23.5 Å². The fraction of sp³-hybridized carbons (Fsp3) is 0.417. The lowest BCUT2D eigenvalue weighted by atomic mass is 10.1. The molecule has 1 aromatic carbocycles. The number of hydrogen-bond acceptors (Lipinski definition) is 4. The van der Waals surface area contributed by atoms with Crippen LogP contribution in [0.15, 0.2) is 22.7 Å². The molecule has 0 saturated heterocycles. The van der Waals surface area contributed by atoms with E-state index in [9.17, 15) is 9.36 Å². The Balaban J connectivity index is 2.97. The third-order valence-electron chi connectivity index (χ3n) is 2.32. The van der Waals surface area contributed by atoms with Gasteiger partial charge in [0.05, 0.1) is 24.9 Å². The van der Waals surface area contributed by atoms with Crippen LogP contribution in [0.25, 0.3) is 0 Å². The first-order chi connectivity index (χ1) is 8.91. The Bertz CT molecular complexity index is 493. The van der Waals surface area contributed by atoms with Gasteiger partial charge in [-0.1, -0.05) is 22.0 Å². The molecule has 0 unspecified atom stereocenters. The highest BCUT2D eigenvalue weighted by Gasteiger charge is 2.25. The molecular weight excluding hydrogens is 335 g/mol. The Morgan fingerprint density at radius 2 is 1.89 bits per heavy atom. The van der Waals surface area contributed by atoms with Gasteiger partial charge in [-0.05, 0) is 31.5 Å². The highest BCUT2D eigenvalue weighted by Crippen LogP contribution is 2.52. The van der Waals surface area contributed by atoms with E-state index < -0.39 is 13.6 Å². The number of carboxylic acid groups (broad SMARTS) is 1. The zero-order valence-corrected chi connectivity index (χ0v) is 13.2. The number of carboxylic acids is 1. The third kappa shape index (κ3) is 4.73. The minimum absolute atomic E-state index is 0.106. The van der Waals surface area contributed by atoms with E-state index >= 15 is 0 Å². The minimum Gasteiger partial charge on any atom is -0.478 e. The highest BCUT2D eigenvalue weighted by molar-refractivity contribution is 9.10. The van der Waals surface area contributed by atoms with E-state index in [1.54, 1.807) is 19.9 Å². The summed E-state index contributed by atoms with van der Waals surface area (Å²) in [6, 6.07) is 4.54. The van der Waals surface area contributed by atoms with Crippen LogP contribution in [0.3, 0.4) is 0 Å². The van der Waals surface area contributed by atoms with Crippen LogP contribution in [0.4, 0.5) is 0 Å². The van der Waals surface area contributed by atoms with Crippen molar-refractivity contribution in [2.75, 3.05) is 13.2 Å². The number of rotatable bonds is 7. The van der Waals surface area contributed by atoms with Crippen LogP contribution in [-0.4, -0.2) is 24.3 Å². The molecule has 0 aliphatic rings. The van der Waals surface area contributed by atoms with Crippen molar-refractivity contribution in [2.24, 2.45) is 0 Å². The van der Waals surface area contributed by atoms with E-state index in [1.807, 2.05) is 0 Å². The largest absolute Gasteiger partial charge is 0.478 e. The van der Waals surface area contributed by atoms with Gasteiger partial charge in [0.25, 0.3) is 0 Å². The fourth-order valence-corrected chi connectivity index (χ4v) is 4.01. The monoisotopic (exact) mass is 350 g/mol. The van der Waals surface area contributed by atoms with Crippen LogP contribution in [-0.2, 0) is 19.8 Å². The summed E-state index contributed by atoms with van der Waals surface area (Å²) in [6.07, 6.45) is 0.106. The molecule has 19 heavy (non-hydrogen) atoms. The summed E-state index contributed by atoms with van der Waals surface area (Å²) in [5.41, 5.74) is 0.855. The van der Waals surface area contributed by atoms with E-state index in [-0.39, 0.29) is 11.7 Å². The van der Waals surface area contributed by atoms with E-state index in [2.05, 4.69) is 15.9 Å². The summed E-state index contributed by atoms with van der Waals surface area (Å²) in [6.45, 7) is 4.08. The van der Waals surface area contributed by atoms with Crippen molar-refractivity contribution in [3.63, 3.8) is 0 Å². The number of hydrogen-bond donors (Lipinski definition) is 1. The molecule has 0 radical (unpaired) electrons. The molecule has 0 fully saturated rings. The molecule has 5 nitrogen and oxygen atoms in total. The zero-order valence-electron chi connectivity index (χ0n) is 10.8. The molecule has 1 aromatic rings. The van der Waals surface area contributed by atoms with Crippen molar-refractivity contribution in [3.05, 3.63) is 33.8 Å². The second-order valence-corrected chi connectivity index (χ2v) is 6.62. The average molecular weight is 351 g/mol. The lowest BCUT2D eigenvalue weighted by Crippen LogP contribution is -2.01. The smallest absolute Gasteiger partial charge is 0.335 e. The molecular formula is C12H16BrO5P. The Labute approximate surface area is 120 Å². The second kappa shape index (κ2) is 7.20. The summed E-state index contributed by atoms with van der Waals surface area (Å²) >= 11 is 3.27. The highest BCUT2D eigenvalue weighted by atomic mass is 79.9. The quantitative estimate of drug-likeness (QED) is 0.754. The van der Waals surface area contributed by atoms with E-state index in [1.165, 1.54) is 12.1 Å². The first-order valence-electron chi connectivity index (χ1n) is 5.81. The zero-order chi connectivity index (χ0) is 14.5. The summed E-state index contributed by atoms with van der Waals surface area (Å²) in [5.74, 6) is -1.01. The van der Waals surface area contributed by atoms with Crippen molar-refractivity contribution in [3.8, 4) is 0 Å². The first kappa shape index (κ1) is 16.4. The van der Waals surface area contributed by atoms with Crippen LogP contribution in [0.1, 0.15) is 29.8 Å². The van der Waals surface area contributed by atoms with Gasteiger partial charge in [-0.2, -0.15) is 0 Å². The molecule has 1 rings (SSSR count). The lowest BCUT2D eigenvalue weighted by Gasteiger charge is -2.17. The summed E-state index contributed by atoms with van der Waals surface area (Å²) in [5, 5.41) is 8.88. The fourth-order valence-electron chi connectivity index (χ4n) is 1.54. The molecule has 0 aliphatic heterocycles. The van der Waals surface area contributed by atoms with Crippen molar-refractivity contribution in [2.45, 2.75) is 20.0 Å². The summed E-state index contributed by atoms with van der Waals surface area (Å²) < 4.78 is 23.4. The van der Waals surface area contributed by atoms with Crippen molar-refractivity contribution in [1.82, 2.24) is 0 Å². The lowest BCUT2D eigenvalue weighted by molar-refractivity contribution is 0.0697. The topological polar surface area (TPSA) is 72.8 Å². The van der Waals surface area contributed by atoms with Crippen LogP contribution in [0.5, 0.6) is 0 Å². The molecule has 0 aliphatic carbocycles. The predicted octanol–water partition coefficient (Wildman–Crippen LogP) is 3.91. The van der Waals surface area contributed by atoms with Crippen molar-refractivity contribution in [1.29, 1.82) is 0 Å². The van der Waals surface area contributed by atoms with Gasteiger partial charge < -0.3 is 14.2 Å². The van der Waals surface area contributed by atoms with Crippen LogP contribution in [0.2, 0.25) is 0 Å². The van der Waals surface area contributed by atoms with Gasteiger partial charge in [-0.3, -0.25) is 4.57 Å². The molecule has 0 bridgehead atoms. The first-order valence-corrected chi connectivity index (χ1v) is 8.33. The maximum absolute atomic E-state index is 12.4. The third-order valence-corrected chi connectivity index (χ3v) is 5.08. The van der Waals surface area contributed by atoms with Crippen LogP contribution in [0, 0.1) is 0 Å². The van der Waals surface area contributed by atoms with Crippen LogP contribution < -0.4 is 0 Å². The molecule has 1 N–H and O–H groups in total. The normalized spacial score (nSPS) is 11.5. The van der Waals surface area contributed by atoms with Gasteiger partial charge in [0.2, 0.25) is 0 Å². The van der Waals surface area contributed by atoms with Gasteiger partial charge in [0.1, 0.15) is 0 Å². The van der Waals surface area contributed by atoms with Crippen molar-refractivity contribution >= 4 is 29.5 Å². The van der Waals surface area contributed by atoms with E-state index in [4.69, 9.17) is 14.2 Å². The Kier molecular flexibility index (Phi) is 6.20. The van der Waals surface area contributed by atoms with Gasteiger partial charge in [-0.25, -0.2) is 4.79 Å². The average Bonchev–Trinajstić information content (AvgIpc) is 2.32. The maximum atomic E-state index is 12.4. The number of carbonyl (C=O) groups is 1. The Hall–Kier alpha value is -0.680. The standard InChI is InChI=1S/C12H16BrO5P/c1-3-17-19(16,18-4-2)8-10-6-5-9(12(14)15)7-11(10)13/h5-7H,3-4,8H2,1-2H3,(H,14,15). The summed E-state index contributed by atoms with van der Waals surface area (Å²) in [7, 11) is -3.18. The summed E-state index contributed by atoms with van der Waals surface area (Å²) in [4.78, 5) is 10.8. The van der Waals surface area contributed by atoms with Gasteiger partial charge in [0.15, 0.2) is 0 Å². The Morgan fingerprint density at radius 1 is 1.32 bits per heavy atom. The van der Waals surface area contributed by atoms with Gasteiger partial charge in [-0.15, -0.1) is 0 Å². The maximum Gasteiger partial charge on any atom is 0.335 e. The molecule has 0 amide bonds. The molecule has 7 heteroatoms. The van der Waals surface area contributed by atoms with Gasteiger partial charge >= 0.3 is 13.6 Å². The number of halogens is 1. The van der Waals surface area contributed by atoms with Gasteiger partial charge in [0, 0.05) is 4.47 Å². The molecule has 0 heterocycles. The minimum atomic E-state index is -3.18. The Morgan fingerprint density at radius 3 is 2.32 bits per heavy atom. The molecule has 106 valence electrons. The number of benzene rings is 1. The molecule has 0 atom stereocenters. The molecule has 0 saturated carbocycles. The second-order valence-electron chi connectivity index (χ2n) is 3.72. The SMILES string of the molecule is CCOP(=O)(Cc1ccc(C(=O)O)cc1Br)OCC. The van der Waals surface area contributed by atoms with E-state index in [0.717, 1.165) is 0 Å². The number of aromatic carboxylic acids is 1. The van der Waals surface area contributed by atoms with Crippen LogP contribution >= 0.6 is 23.5 Å². The van der Waals surface area contributed by atoms with E-state index in [0.29, 0.717) is 23.2 Å².